The molecule has 2 nitrogen and oxygen atoms in total. The van der Waals surface area contributed by atoms with E-state index in [1.54, 1.807) is 0 Å². The van der Waals surface area contributed by atoms with Crippen LogP contribution in [0.15, 0.2) is 36.1 Å². The Labute approximate surface area is 74.2 Å². The molecule has 0 aliphatic heterocycles. The van der Waals surface area contributed by atoms with Gasteiger partial charge < -0.3 is 10.7 Å². The van der Waals surface area contributed by atoms with Crippen LogP contribution in [0.25, 0.3) is 0 Å². The molecule has 66 valence electrons. The quantitative estimate of drug-likeness (QED) is 0.474. The van der Waals surface area contributed by atoms with Gasteiger partial charge in [0, 0.05) is 13.3 Å². The molecule has 0 aliphatic carbocycles. The van der Waals surface area contributed by atoms with E-state index in [0.717, 1.165) is 17.6 Å². The van der Waals surface area contributed by atoms with E-state index in [1.165, 1.54) is 6.21 Å². The zero-order valence-corrected chi connectivity index (χ0v) is 7.72. The Kier molecular flexibility index (Phi) is 5.70. The van der Waals surface area contributed by atoms with E-state index in [-0.39, 0.29) is 0 Å². The summed E-state index contributed by atoms with van der Waals surface area (Å²) in [5.74, 6) is 0. The molecule has 0 heterocycles. The second-order valence-electron chi connectivity index (χ2n) is 2.41. The summed E-state index contributed by atoms with van der Waals surface area (Å²) in [4.78, 5) is 0. The predicted molar refractivity (Wildman–Crippen MR) is 54.5 cm³/mol. The number of hydrogen-bond acceptors (Lipinski definition) is 2. The molecule has 0 bridgehead atoms. The van der Waals surface area contributed by atoms with Gasteiger partial charge in [-0.2, -0.15) is 0 Å². The SMILES string of the molecule is C=C(C=N)/C=C(\C=C/NC)CC. The summed E-state index contributed by atoms with van der Waals surface area (Å²) in [5, 5.41) is 9.86. The van der Waals surface area contributed by atoms with Crippen LogP contribution >= 0.6 is 0 Å². The van der Waals surface area contributed by atoms with Crippen LogP contribution in [0.3, 0.4) is 0 Å². The first-order valence-corrected chi connectivity index (χ1v) is 3.98. The van der Waals surface area contributed by atoms with Crippen LogP contribution in [-0.4, -0.2) is 13.3 Å². The van der Waals surface area contributed by atoms with Gasteiger partial charge >= 0.3 is 0 Å². The van der Waals surface area contributed by atoms with Crippen molar-refractivity contribution in [1.29, 1.82) is 5.41 Å². The van der Waals surface area contributed by atoms with Crippen molar-refractivity contribution in [2.24, 2.45) is 0 Å². The van der Waals surface area contributed by atoms with Crippen LogP contribution in [0.1, 0.15) is 13.3 Å². The fraction of sp³-hybridized carbons (Fsp3) is 0.300. The van der Waals surface area contributed by atoms with Crippen LogP contribution in [0.2, 0.25) is 0 Å². The maximum atomic E-state index is 6.95. The standard InChI is InChI=1S/C10H16N2/c1-4-10(5-6-12-3)7-9(2)8-11/h5-8,11-12H,2,4H2,1,3H3/b6-5-,10-7-,11-8?. The Balaban J connectivity index is 4.32. The highest BCUT2D eigenvalue weighted by atomic mass is 14.8. The van der Waals surface area contributed by atoms with E-state index >= 15 is 0 Å². The van der Waals surface area contributed by atoms with Gasteiger partial charge in [-0.05, 0) is 29.8 Å². The maximum Gasteiger partial charge on any atom is 0.0244 e. The Morgan fingerprint density at radius 3 is 2.67 bits per heavy atom. The molecule has 0 atom stereocenters. The van der Waals surface area contributed by atoms with Crippen molar-refractivity contribution in [3.63, 3.8) is 0 Å². The topological polar surface area (TPSA) is 35.9 Å². The minimum atomic E-state index is 0.729. The highest BCUT2D eigenvalue weighted by Crippen LogP contribution is 2.04. The normalized spacial score (nSPS) is 11.7. The van der Waals surface area contributed by atoms with E-state index in [2.05, 4.69) is 18.8 Å². The van der Waals surface area contributed by atoms with E-state index < -0.39 is 0 Å². The van der Waals surface area contributed by atoms with E-state index in [1.807, 2.05) is 25.4 Å². The highest BCUT2D eigenvalue weighted by molar-refractivity contribution is 5.79. The molecule has 0 rings (SSSR count). The molecule has 0 aliphatic rings. The van der Waals surface area contributed by atoms with Crippen molar-refractivity contribution in [2.75, 3.05) is 7.05 Å². The Hall–Kier alpha value is -1.31. The van der Waals surface area contributed by atoms with Gasteiger partial charge in [-0.1, -0.05) is 19.6 Å². The summed E-state index contributed by atoms with van der Waals surface area (Å²) in [5.41, 5.74) is 1.89. The molecule has 2 heteroatoms. The third kappa shape index (κ3) is 4.50. The largest absolute Gasteiger partial charge is 0.394 e. The lowest BCUT2D eigenvalue weighted by atomic mass is 10.1. The molecule has 0 saturated heterocycles. The van der Waals surface area contributed by atoms with Crippen molar-refractivity contribution in [2.45, 2.75) is 13.3 Å². The lowest BCUT2D eigenvalue weighted by Crippen LogP contribution is -1.92. The van der Waals surface area contributed by atoms with Crippen molar-refractivity contribution in [3.05, 3.63) is 36.1 Å². The minimum absolute atomic E-state index is 0.729. The van der Waals surface area contributed by atoms with Crippen LogP contribution < -0.4 is 5.32 Å². The third-order valence-electron chi connectivity index (χ3n) is 1.43. The molecular weight excluding hydrogens is 148 g/mol. The van der Waals surface area contributed by atoms with Crippen molar-refractivity contribution >= 4 is 6.21 Å². The summed E-state index contributed by atoms with van der Waals surface area (Å²) in [6.45, 7) is 5.77. The molecule has 2 N–H and O–H groups in total. The molecule has 0 aromatic carbocycles. The molecule has 0 spiro atoms. The highest BCUT2D eigenvalue weighted by Gasteiger charge is 1.88. The van der Waals surface area contributed by atoms with Gasteiger partial charge in [0.25, 0.3) is 0 Å². The van der Waals surface area contributed by atoms with Crippen LogP contribution in [0.4, 0.5) is 0 Å². The molecule has 0 aromatic heterocycles. The zero-order chi connectivity index (χ0) is 9.40. The number of rotatable bonds is 5. The molecule has 0 unspecified atom stereocenters. The predicted octanol–water partition coefficient (Wildman–Crippen LogP) is 2.26. The maximum absolute atomic E-state index is 6.95. The summed E-state index contributed by atoms with van der Waals surface area (Å²) in [6.07, 6.45) is 7.95. The third-order valence-corrected chi connectivity index (χ3v) is 1.43. The Morgan fingerprint density at radius 1 is 1.58 bits per heavy atom. The van der Waals surface area contributed by atoms with Gasteiger partial charge in [0.1, 0.15) is 0 Å². The van der Waals surface area contributed by atoms with E-state index in [9.17, 15) is 0 Å². The molecule has 0 saturated carbocycles. The zero-order valence-electron chi connectivity index (χ0n) is 7.72. The van der Waals surface area contributed by atoms with E-state index in [0.29, 0.717) is 0 Å². The average molecular weight is 164 g/mol. The van der Waals surface area contributed by atoms with Crippen LogP contribution in [0.5, 0.6) is 0 Å². The summed E-state index contributed by atoms with van der Waals surface area (Å²) >= 11 is 0. The number of hydrogen-bond donors (Lipinski definition) is 2. The fourth-order valence-electron chi connectivity index (χ4n) is 0.738. The second-order valence-corrected chi connectivity index (χ2v) is 2.41. The average Bonchev–Trinajstić information content (AvgIpc) is 2.11. The van der Waals surface area contributed by atoms with Crippen LogP contribution in [0, 0.1) is 5.41 Å². The summed E-state index contributed by atoms with van der Waals surface area (Å²) in [6, 6.07) is 0. The van der Waals surface area contributed by atoms with Gasteiger partial charge in [0.15, 0.2) is 0 Å². The summed E-state index contributed by atoms with van der Waals surface area (Å²) in [7, 11) is 1.86. The van der Waals surface area contributed by atoms with Gasteiger partial charge in [-0.3, -0.25) is 0 Å². The number of allylic oxidation sites excluding steroid dienone is 4. The van der Waals surface area contributed by atoms with E-state index in [4.69, 9.17) is 5.41 Å². The lowest BCUT2D eigenvalue weighted by Gasteiger charge is -1.96. The van der Waals surface area contributed by atoms with Crippen molar-refractivity contribution in [3.8, 4) is 0 Å². The fourth-order valence-corrected chi connectivity index (χ4v) is 0.738. The summed E-state index contributed by atoms with van der Waals surface area (Å²) < 4.78 is 0. The smallest absolute Gasteiger partial charge is 0.0244 e. The second kappa shape index (κ2) is 6.40. The first-order valence-electron chi connectivity index (χ1n) is 3.98. The lowest BCUT2D eigenvalue weighted by molar-refractivity contribution is 1.08. The van der Waals surface area contributed by atoms with Crippen molar-refractivity contribution in [1.82, 2.24) is 5.32 Å². The molecule has 12 heavy (non-hydrogen) atoms. The van der Waals surface area contributed by atoms with Gasteiger partial charge in [0.2, 0.25) is 0 Å². The Bertz CT molecular complexity index is 212. The van der Waals surface area contributed by atoms with Gasteiger partial charge in [-0.15, -0.1) is 0 Å². The molecule has 0 fully saturated rings. The molecule has 0 aromatic rings. The molecule has 0 amide bonds. The van der Waals surface area contributed by atoms with Crippen molar-refractivity contribution < 1.29 is 0 Å². The first-order chi connectivity index (χ1) is 5.74. The Morgan fingerprint density at radius 2 is 2.25 bits per heavy atom. The molecular formula is C10H16N2. The number of nitrogens with one attached hydrogen (secondary N) is 2. The van der Waals surface area contributed by atoms with Gasteiger partial charge in [0.05, 0.1) is 0 Å². The van der Waals surface area contributed by atoms with Gasteiger partial charge in [-0.25, -0.2) is 0 Å². The minimum Gasteiger partial charge on any atom is -0.394 e. The first kappa shape index (κ1) is 10.7. The molecule has 0 radical (unpaired) electrons. The van der Waals surface area contributed by atoms with Crippen LogP contribution in [-0.2, 0) is 0 Å². The monoisotopic (exact) mass is 164 g/mol.